The van der Waals surface area contributed by atoms with Gasteiger partial charge < -0.3 is 35.6 Å². The SMILES string of the molecule is CC[C@@H](c1nc2c(ccc3cc(-c4ccc5cc(-c6cnc([C@@H]7CCCN7C(=O)[C@H](N)c7ccccc7)[nH]6)ccc5c4)ccc32)[nH]1)N(CC)C(=O)[C@@H](NC(=O)OC)C(C)C. The molecule has 1 saturated heterocycles. The Bertz CT molecular complexity index is 2690. The molecule has 0 radical (unpaired) electrons. The van der Waals surface area contributed by atoms with Crippen molar-refractivity contribution >= 4 is 50.5 Å². The lowest BCUT2D eigenvalue weighted by Gasteiger charge is -2.33. The quantitative estimate of drug-likeness (QED) is 0.0958. The van der Waals surface area contributed by atoms with E-state index in [-0.39, 0.29) is 29.8 Å². The fourth-order valence-electron chi connectivity index (χ4n) is 8.67. The van der Waals surface area contributed by atoms with E-state index in [0.29, 0.717) is 25.3 Å². The van der Waals surface area contributed by atoms with Crippen LogP contribution in [0.5, 0.6) is 0 Å². The number of amides is 3. The largest absolute Gasteiger partial charge is 0.453 e. The molecule has 12 nitrogen and oxygen atoms in total. The molecule has 3 heterocycles. The second-order valence-electron chi connectivity index (χ2n) is 16.0. The molecule has 8 rings (SSSR count). The molecule has 1 aliphatic heterocycles. The third kappa shape index (κ3) is 7.70. The van der Waals surface area contributed by atoms with Gasteiger partial charge in [0, 0.05) is 24.0 Å². The standard InChI is InChI=1S/C48H52N8O4/c1-6-39(55(7-2)47(58)42(28(3)4)54-48(59)60-5)45-51-37-22-20-34-25-33(19-21-36(34)43(37)53-45)30-15-16-32-26-35(18-17-31(32)24-30)38-27-50-44(52-38)40-14-11-23-56(40)46(57)41(49)29-12-9-8-10-13-29/h8-10,12-13,15-22,24-28,39-42H,6-7,11,14,23,49H2,1-5H3,(H,50,52)(H,51,53)(H,54,59)/t39-,40-,41+,42-/m0/s1. The summed E-state index contributed by atoms with van der Waals surface area (Å²) < 4.78 is 4.80. The summed E-state index contributed by atoms with van der Waals surface area (Å²) in [5.41, 5.74) is 13.1. The number of hydrogen-bond acceptors (Lipinski definition) is 7. The molecule has 5 aromatic carbocycles. The number of rotatable bonds is 12. The molecule has 308 valence electrons. The molecule has 0 spiro atoms. The number of hydrogen-bond donors (Lipinski definition) is 4. The van der Waals surface area contributed by atoms with Crippen LogP contribution in [-0.4, -0.2) is 73.9 Å². The summed E-state index contributed by atoms with van der Waals surface area (Å²) in [4.78, 5) is 59.9. The summed E-state index contributed by atoms with van der Waals surface area (Å²) in [6.07, 6.45) is 3.60. The number of aromatic amines is 2. The first kappa shape index (κ1) is 40.3. The summed E-state index contributed by atoms with van der Waals surface area (Å²) in [5.74, 6) is 1.10. The minimum atomic E-state index is -0.726. The smallest absolute Gasteiger partial charge is 0.407 e. The molecule has 1 aliphatic rings. The summed E-state index contributed by atoms with van der Waals surface area (Å²) in [5, 5.41) is 7.03. The topological polar surface area (TPSA) is 162 Å². The van der Waals surface area contributed by atoms with Crippen LogP contribution >= 0.6 is 0 Å². The zero-order valence-corrected chi connectivity index (χ0v) is 34.7. The Balaban J connectivity index is 1.01. The number of carbonyl (C=O) groups excluding carboxylic acids is 3. The van der Waals surface area contributed by atoms with Gasteiger partial charge in [-0.1, -0.05) is 93.6 Å². The van der Waals surface area contributed by atoms with E-state index >= 15 is 0 Å². The first-order chi connectivity index (χ1) is 29.1. The second kappa shape index (κ2) is 17.0. The number of fused-ring (bicyclic) bond motifs is 4. The van der Waals surface area contributed by atoms with Gasteiger partial charge in [0.05, 0.1) is 42.1 Å². The number of carbonyl (C=O) groups is 3. The van der Waals surface area contributed by atoms with Crippen molar-refractivity contribution < 1.29 is 19.1 Å². The third-order valence-corrected chi connectivity index (χ3v) is 11.9. The summed E-state index contributed by atoms with van der Waals surface area (Å²) in [6, 6.07) is 31.1. The monoisotopic (exact) mass is 804 g/mol. The van der Waals surface area contributed by atoms with Crippen molar-refractivity contribution in [2.24, 2.45) is 11.7 Å². The lowest BCUT2D eigenvalue weighted by atomic mass is 9.97. The molecule has 2 aromatic heterocycles. The van der Waals surface area contributed by atoms with Crippen LogP contribution in [0.2, 0.25) is 0 Å². The van der Waals surface area contributed by atoms with Crippen molar-refractivity contribution in [1.29, 1.82) is 0 Å². The van der Waals surface area contributed by atoms with Crippen molar-refractivity contribution in [3.8, 4) is 22.4 Å². The number of methoxy groups -OCH3 is 1. The van der Waals surface area contributed by atoms with Gasteiger partial charge in [-0.05, 0) is 89.2 Å². The summed E-state index contributed by atoms with van der Waals surface area (Å²) in [7, 11) is 1.29. The molecule has 7 aromatic rings. The number of ether oxygens (including phenoxy) is 1. The molecule has 0 unspecified atom stereocenters. The number of imidazole rings is 2. The van der Waals surface area contributed by atoms with Gasteiger partial charge in [0.15, 0.2) is 0 Å². The molecule has 60 heavy (non-hydrogen) atoms. The Morgan fingerprint density at radius 1 is 0.900 bits per heavy atom. The highest BCUT2D eigenvalue weighted by molar-refractivity contribution is 6.05. The van der Waals surface area contributed by atoms with Crippen LogP contribution in [0, 0.1) is 5.92 Å². The predicted molar refractivity (Wildman–Crippen MR) is 236 cm³/mol. The third-order valence-electron chi connectivity index (χ3n) is 11.9. The Labute approximate surface area is 349 Å². The molecule has 0 aliphatic carbocycles. The van der Waals surface area contributed by atoms with Crippen molar-refractivity contribution in [2.75, 3.05) is 20.2 Å². The minimum Gasteiger partial charge on any atom is -0.453 e. The van der Waals surface area contributed by atoms with Crippen molar-refractivity contribution in [1.82, 2.24) is 35.1 Å². The Morgan fingerprint density at radius 2 is 1.58 bits per heavy atom. The molecule has 0 bridgehead atoms. The zero-order valence-electron chi connectivity index (χ0n) is 34.7. The van der Waals surface area contributed by atoms with Crippen LogP contribution in [-0.2, 0) is 14.3 Å². The lowest BCUT2D eigenvalue weighted by Crippen LogP contribution is -2.52. The molecule has 4 atom stereocenters. The number of aromatic nitrogens is 4. The zero-order chi connectivity index (χ0) is 42.1. The van der Waals surface area contributed by atoms with Crippen LogP contribution in [0.1, 0.15) is 82.3 Å². The van der Waals surface area contributed by atoms with E-state index in [1.165, 1.54) is 7.11 Å². The van der Waals surface area contributed by atoms with E-state index in [1.807, 2.05) is 75.2 Å². The molecule has 1 fully saturated rings. The number of alkyl carbamates (subject to hydrolysis) is 1. The molecule has 0 saturated carbocycles. The highest BCUT2D eigenvalue weighted by Crippen LogP contribution is 2.36. The minimum absolute atomic E-state index is 0.0832. The molecule has 5 N–H and O–H groups in total. The summed E-state index contributed by atoms with van der Waals surface area (Å²) >= 11 is 0. The number of nitrogens with zero attached hydrogens (tertiary/aromatic N) is 4. The van der Waals surface area contributed by atoms with Gasteiger partial charge >= 0.3 is 6.09 Å². The number of benzene rings is 5. The fourth-order valence-corrected chi connectivity index (χ4v) is 8.67. The Morgan fingerprint density at radius 3 is 2.28 bits per heavy atom. The highest BCUT2D eigenvalue weighted by atomic mass is 16.5. The van der Waals surface area contributed by atoms with Crippen LogP contribution in [0.15, 0.2) is 103 Å². The molecular formula is C48H52N8O4. The van der Waals surface area contributed by atoms with Crippen molar-refractivity contribution in [3.63, 3.8) is 0 Å². The van der Waals surface area contributed by atoms with Gasteiger partial charge in [-0.25, -0.2) is 14.8 Å². The van der Waals surface area contributed by atoms with Gasteiger partial charge in [0.2, 0.25) is 11.8 Å². The van der Waals surface area contributed by atoms with Crippen molar-refractivity contribution in [2.45, 2.75) is 71.1 Å². The number of nitrogens with one attached hydrogen (secondary N) is 3. The van der Waals surface area contributed by atoms with Gasteiger partial charge in [0.1, 0.15) is 23.7 Å². The van der Waals surface area contributed by atoms with E-state index in [2.05, 4.69) is 75.9 Å². The molecular weight excluding hydrogens is 753 g/mol. The summed E-state index contributed by atoms with van der Waals surface area (Å²) in [6.45, 7) is 8.90. The number of likely N-dealkylation sites (tertiary alicyclic amines) is 1. The van der Waals surface area contributed by atoms with Crippen LogP contribution < -0.4 is 11.1 Å². The van der Waals surface area contributed by atoms with Crippen LogP contribution in [0.3, 0.4) is 0 Å². The lowest BCUT2D eigenvalue weighted by molar-refractivity contribution is -0.137. The van der Waals surface area contributed by atoms with Gasteiger partial charge in [-0.3, -0.25) is 9.59 Å². The Kier molecular flexibility index (Phi) is 11.4. The number of H-pyrrole nitrogens is 2. The molecule has 3 amide bonds. The maximum absolute atomic E-state index is 13.8. The first-order valence-corrected chi connectivity index (χ1v) is 20.9. The van der Waals surface area contributed by atoms with Crippen LogP contribution in [0.25, 0.3) is 55.0 Å². The first-order valence-electron chi connectivity index (χ1n) is 20.9. The van der Waals surface area contributed by atoms with E-state index < -0.39 is 18.2 Å². The average molecular weight is 805 g/mol. The maximum Gasteiger partial charge on any atom is 0.407 e. The van der Waals surface area contributed by atoms with Gasteiger partial charge in [0.25, 0.3) is 0 Å². The normalized spacial score (nSPS) is 15.7. The maximum atomic E-state index is 13.8. The second-order valence-corrected chi connectivity index (χ2v) is 16.0. The highest BCUT2D eigenvalue weighted by Gasteiger charge is 2.36. The number of nitrogens with two attached hydrogens (primary N) is 1. The van der Waals surface area contributed by atoms with Gasteiger partial charge in [-0.2, -0.15) is 0 Å². The fraction of sp³-hybridized carbons (Fsp3) is 0.312. The van der Waals surface area contributed by atoms with E-state index in [4.69, 9.17) is 20.4 Å². The van der Waals surface area contributed by atoms with E-state index in [1.54, 1.807) is 4.90 Å². The van der Waals surface area contributed by atoms with Gasteiger partial charge in [-0.15, -0.1) is 0 Å². The van der Waals surface area contributed by atoms with E-state index in [0.717, 1.165) is 79.2 Å². The Hall–Kier alpha value is -6.53. The molecule has 12 heteroatoms. The van der Waals surface area contributed by atoms with Crippen molar-refractivity contribution in [3.05, 3.63) is 120 Å². The van der Waals surface area contributed by atoms with Crippen LogP contribution in [0.4, 0.5) is 4.79 Å². The predicted octanol–water partition coefficient (Wildman–Crippen LogP) is 8.97. The number of likely N-dealkylation sites (N-methyl/N-ethyl adjacent to an activating group) is 1. The van der Waals surface area contributed by atoms with E-state index in [9.17, 15) is 14.4 Å². The average Bonchev–Trinajstić information content (AvgIpc) is 4.07.